The molecule has 2 heterocycles. The van der Waals surface area contributed by atoms with Crippen molar-refractivity contribution in [3.63, 3.8) is 0 Å². The van der Waals surface area contributed by atoms with E-state index in [9.17, 15) is 0 Å². The van der Waals surface area contributed by atoms with Crippen LogP contribution in [-0.2, 0) is 6.54 Å². The summed E-state index contributed by atoms with van der Waals surface area (Å²) in [6.45, 7) is 7.56. The molecule has 3 rings (SSSR count). The van der Waals surface area contributed by atoms with E-state index in [4.69, 9.17) is 5.73 Å². The van der Waals surface area contributed by atoms with Crippen molar-refractivity contribution in [2.75, 3.05) is 38.5 Å². The van der Waals surface area contributed by atoms with Gasteiger partial charge in [-0.1, -0.05) is 12.1 Å². The summed E-state index contributed by atoms with van der Waals surface area (Å²) in [4.78, 5) is 5.24. The maximum Gasteiger partial charge on any atom is 0.0317 e. The lowest BCUT2D eigenvalue weighted by atomic mass is 9.96. The number of anilines is 1. The van der Waals surface area contributed by atoms with Gasteiger partial charge in [0.25, 0.3) is 0 Å². The van der Waals surface area contributed by atoms with Gasteiger partial charge in [-0.3, -0.25) is 4.90 Å². The fourth-order valence-corrected chi connectivity index (χ4v) is 3.61. The lowest BCUT2D eigenvalue weighted by Gasteiger charge is -2.33. The van der Waals surface area contributed by atoms with Crippen LogP contribution in [0.3, 0.4) is 0 Å². The first kappa shape index (κ1) is 19.6. The molecular weight excluding hydrogens is 317 g/mol. The molecule has 2 aliphatic heterocycles. The van der Waals surface area contributed by atoms with Crippen LogP contribution in [0.15, 0.2) is 24.3 Å². The van der Waals surface area contributed by atoms with Crippen LogP contribution in [0.1, 0.15) is 31.2 Å². The molecule has 2 saturated heterocycles. The molecule has 0 spiro atoms. The molecule has 2 N–H and O–H groups in total. The third-order valence-corrected chi connectivity index (χ3v) is 4.78. The maximum atomic E-state index is 5.85. The number of nitrogens with zero attached hydrogens (tertiary/aromatic N) is 2. The van der Waals surface area contributed by atoms with Gasteiger partial charge >= 0.3 is 0 Å². The fourth-order valence-electron chi connectivity index (χ4n) is 3.61. The molecule has 1 aromatic carbocycles. The molecule has 22 heavy (non-hydrogen) atoms. The number of benzene rings is 1. The topological polar surface area (TPSA) is 32.5 Å². The quantitative estimate of drug-likeness (QED) is 0.848. The van der Waals surface area contributed by atoms with Gasteiger partial charge in [-0.25, -0.2) is 0 Å². The van der Waals surface area contributed by atoms with E-state index in [2.05, 4.69) is 28.0 Å². The van der Waals surface area contributed by atoms with Gasteiger partial charge in [0.05, 0.1) is 0 Å². The first-order chi connectivity index (χ1) is 9.79. The van der Waals surface area contributed by atoms with Crippen LogP contribution in [0.4, 0.5) is 5.69 Å². The summed E-state index contributed by atoms with van der Waals surface area (Å²) in [6.07, 6.45) is 5.54. The molecule has 0 unspecified atom stereocenters. The average Bonchev–Trinajstić information content (AvgIpc) is 2.94. The van der Waals surface area contributed by atoms with Crippen LogP contribution in [-0.4, -0.2) is 42.5 Å². The highest BCUT2D eigenvalue weighted by Gasteiger charge is 2.22. The Hall–Kier alpha value is -0.480. The Balaban J connectivity index is 0.00000121. The van der Waals surface area contributed by atoms with Crippen molar-refractivity contribution < 1.29 is 0 Å². The van der Waals surface area contributed by atoms with Gasteiger partial charge in [-0.2, -0.15) is 0 Å². The Bertz CT molecular complexity index is 428. The minimum Gasteiger partial charge on any atom is -0.399 e. The first-order valence-electron chi connectivity index (χ1n) is 8.09. The van der Waals surface area contributed by atoms with Crippen molar-refractivity contribution in [2.24, 2.45) is 5.92 Å². The monoisotopic (exact) mass is 345 g/mol. The number of halogens is 2. The van der Waals surface area contributed by atoms with Crippen molar-refractivity contribution in [3.05, 3.63) is 29.8 Å². The number of rotatable bonds is 4. The van der Waals surface area contributed by atoms with Gasteiger partial charge in [-0.05, 0) is 75.5 Å². The molecule has 0 aliphatic carbocycles. The van der Waals surface area contributed by atoms with E-state index in [1.165, 1.54) is 64.0 Å². The SMILES string of the molecule is Cl.Cl.Nc1cccc(CN2CCC(CN3CCCC3)CC2)c1. The summed E-state index contributed by atoms with van der Waals surface area (Å²) in [7, 11) is 0. The normalized spacial score (nSPS) is 20.4. The minimum absolute atomic E-state index is 0. The molecule has 2 fully saturated rings. The first-order valence-corrected chi connectivity index (χ1v) is 8.09. The van der Waals surface area contributed by atoms with Gasteiger partial charge in [0, 0.05) is 18.8 Å². The van der Waals surface area contributed by atoms with Crippen molar-refractivity contribution >= 4 is 30.5 Å². The number of likely N-dealkylation sites (tertiary alicyclic amines) is 2. The van der Waals surface area contributed by atoms with E-state index in [-0.39, 0.29) is 24.8 Å². The van der Waals surface area contributed by atoms with Crippen LogP contribution in [0, 0.1) is 5.92 Å². The van der Waals surface area contributed by atoms with E-state index in [0.717, 1.165) is 18.2 Å². The van der Waals surface area contributed by atoms with Gasteiger partial charge in [0.2, 0.25) is 0 Å². The van der Waals surface area contributed by atoms with E-state index in [1.807, 2.05) is 6.07 Å². The smallest absolute Gasteiger partial charge is 0.0317 e. The summed E-state index contributed by atoms with van der Waals surface area (Å²) >= 11 is 0. The molecule has 0 aromatic heterocycles. The van der Waals surface area contributed by atoms with Crippen LogP contribution in [0.25, 0.3) is 0 Å². The van der Waals surface area contributed by atoms with Gasteiger partial charge < -0.3 is 10.6 Å². The molecule has 3 nitrogen and oxygen atoms in total. The van der Waals surface area contributed by atoms with Crippen LogP contribution >= 0.6 is 24.8 Å². The second kappa shape index (κ2) is 9.61. The van der Waals surface area contributed by atoms with E-state index in [0.29, 0.717) is 0 Å². The summed E-state index contributed by atoms with van der Waals surface area (Å²) in [5.41, 5.74) is 8.08. The van der Waals surface area contributed by atoms with Gasteiger partial charge in [-0.15, -0.1) is 24.8 Å². The van der Waals surface area contributed by atoms with Crippen molar-refractivity contribution in [3.8, 4) is 0 Å². The summed E-state index contributed by atoms with van der Waals surface area (Å²) < 4.78 is 0. The number of hydrogen-bond donors (Lipinski definition) is 1. The van der Waals surface area contributed by atoms with E-state index in [1.54, 1.807) is 0 Å². The Morgan fingerprint density at radius 1 is 0.955 bits per heavy atom. The van der Waals surface area contributed by atoms with Crippen LogP contribution in [0.2, 0.25) is 0 Å². The molecule has 2 aliphatic rings. The summed E-state index contributed by atoms with van der Waals surface area (Å²) in [5, 5.41) is 0. The summed E-state index contributed by atoms with van der Waals surface area (Å²) in [5.74, 6) is 0.921. The largest absolute Gasteiger partial charge is 0.399 e. The number of nitrogen functional groups attached to an aromatic ring is 1. The Kier molecular flexibility index (Phi) is 8.55. The zero-order valence-corrected chi connectivity index (χ0v) is 14.9. The lowest BCUT2D eigenvalue weighted by molar-refractivity contribution is 0.149. The number of hydrogen-bond acceptors (Lipinski definition) is 3. The second-order valence-corrected chi connectivity index (χ2v) is 6.47. The lowest BCUT2D eigenvalue weighted by Crippen LogP contribution is -2.37. The molecule has 0 atom stereocenters. The zero-order valence-electron chi connectivity index (χ0n) is 13.2. The van der Waals surface area contributed by atoms with Crippen molar-refractivity contribution in [1.82, 2.24) is 9.80 Å². The molecule has 0 bridgehead atoms. The predicted molar refractivity (Wildman–Crippen MR) is 99.0 cm³/mol. The van der Waals surface area contributed by atoms with Crippen molar-refractivity contribution in [2.45, 2.75) is 32.2 Å². The Morgan fingerprint density at radius 2 is 1.64 bits per heavy atom. The number of piperidine rings is 1. The van der Waals surface area contributed by atoms with Crippen LogP contribution in [0.5, 0.6) is 0 Å². The maximum absolute atomic E-state index is 5.85. The predicted octanol–water partition coefficient (Wildman–Crippen LogP) is 3.42. The highest BCUT2D eigenvalue weighted by atomic mass is 35.5. The molecule has 0 amide bonds. The zero-order chi connectivity index (χ0) is 13.8. The highest BCUT2D eigenvalue weighted by molar-refractivity contribution is 5.85. The molecule has 0 radical (unpaired) electrons. The van der Waals surface area contributed by atoms with Gasteiger partial charge in [0.1, 0.15) is 0 Å². The molecule has 1 aromatic rings. The molecular formula is C17H29Cl2N3. The molecule has 5 heteroatoms. The standard InChI is InChI=1S/C17H27N3.2ClH/c18-17-5-3-4-16(12-17)14-20-10-6-15(7-11-20)13-19-8-1-2-9-19;;/h3-5,12,15H,1-2,6-11,13-14,18H2;2*1H. The summed E-state index contributed by atoms with van der Waals surface area (Å²) in [6, 6.07) is 8.32. The average molecular weight is 346 g/mol. The Labute approximate surface area is 147 Å². The molecule has 126 valence electrons. The third-order valence-electron chi connectivity index (χ3n) is 4.78. The Morgan fingerprint density at radius 3 is 2.27 bits per heavy atom. The number of nitrogens with two attached hydrogens (primary N) is 1. The van der Waals surface area contributed by atoms with Crippen molar-refractivity contribution in [1.29, 1.82) is 0 Å². The van der Waals surface area contributed by atoms with Crippen LogP contribution < -0.4 is 5.73 Å². The van der Waals surface area contributed by atoms with E-state index < -0.39 is 0 Å². The molecule has 0 saturated carbocycles. The third kappa shape index (κ3) is 5.62. The fraction of sp³-hybridized carbons (Fsp3) is 0.647. The second-order valence-electron chi connectivity index (χ2n) is 6.47. The van der Waals surface area contributed by atoms with E-state index >= 15 is 0 Å². The highest BCUT2D eigenvalue weighted by Crippen LogP contribution is 2.22. The van der Waals surface area contributed by atoms with Gasteiger partial charge in [0.15, 0.2) is 0 Å². The minimum atomic E-state index is 0.